The highest BCUT2D eigenvalue weighted by atomic mass is 16.4. The molecule has 2 fully saturated rings. The lowest BCUT2D eigenvalue weighted by Crippen LogP contribution is -2.47. The minimum absolute atomic E-state index is 0.338. The molecule has 104 valence electrons. The molecule has 0 aromatic rings. The highest BCUT2D eigenvalue weighted by Gasteiger charge is 2.30. The van der Waals surface area contributed by atoms with Crippen molar-refractivity contribution in [3.05, 3.63) is 0 Å². The Labute approximate surface area is 111 Å². The molecule has 2 aliphatic rings. The van der Waals surface area contributed by atoms with Crippen LogP contribution in [0.1, 0.15) is 64.7 Å². The number of rotatable bonds is 4. The predicted molar refractivity (Wildman–Crippen MR) is 72.6 cm³/mol. The minimum Gasteiger partial charge on any atom is -0.481 e. The van der Waals surface area contributed by atoms with Crippen molar-refractivity contribution in [1.82, 2.24) is 4.90 Å². The first-order chi connectivity index (χ1) is 8.66. The first-order valence-corrected chi connectivity index (χ1v) is 7.64. The number of nitrogens with zero attached hydrogens (tertiary/aromatic N) is 1. The van der Waals surface area contributed by atoms with Gasteiger partial charge in [-0.3, -0.25) is 9.69 Å². The van der Waals surface area contributed by atoms with Gasteiger partial charge in [0, 0.05) is 18.5 Å². The number of hydrogen-bond acceptors (Lipinski definition) is 2. The molecule has 1 atom stereocenters. The third-order valence-electron chi connectivity index (χ3n) is 4.82. The number of aliphatic carboxylic acids is 1. The van der Waals surface area contributed by atoms with E-state index in [1.165, 1.54) is 51.5 Å². The third-order valence-corrected chi connectivity index (χ3v) is 4.82. The summed E-state index contributed by atoms with van der Waals surface area (Å²) in [7, 11) is 0. The number of piperidine rings is 1. The molecule has 1 N–H and O–H groups in total. The summed E-state index contributed by atoms with van der Waals surface area (Å²) in [6.45, 7) is 3.55. The van der Waals surface area contributed by atoms with Crippen LogP contribution in [-0.4, -0.2) is 34.6 Å². The van der Waals surface area contributed by atoms with E-state index in [0.29, 0.717) is 12.5 Å². The van der Waals surface area contributed by atoms with E-state index in [0.717, 1.165) is 18.4 Å². The van der Waals surface area contributed by atoms with Gasteiger partial charge in [-0.05, 0) is 57.4 Å². The zero-order chi connectivity index (χ0) is 13.0. The second kappa shape index (κ2) is 6.55. The molecule has 1 unspecified atom stereocenters. The average molecular weight is 253 g/mol. The van der Waals surface area contributed by atoms with Crippen LogP contribution in [0.3, 0.4) is 0 Å². The Hall–Kier alpha value is -0.570. The quantitative estimate of drug-likeness (QED) is 0.836. The van der Waals surface area contributed by atoms with Gasteiger partial charge in [-0.2, -0.15) is 0 Å². The molecule has 1 aliphatic carbocycles. The first kappa shape index (κ1) is 13.9. The normalized spacial score (nSPS) is 34.4. The van der Waals surface area contributed by atoms with E-state index in [-0.39, 0.29) is 0 Å². The van der Waals surface area contributed by atoms with Gasteiger partial charge in [-0.1, -0.05) is 13.3 Å². The summed E-state index contributed by atoms with van der Waals surface area (Å²) < 4.78 is 0. The average Bonchev–Trinajstić information content (AvgIpc) is 2.38. The van der Waals surface area contributed by atoms with Gasteiger partial charge in [-0.25, -0.2) is 0 Å². The Kier molecular flexibility index (Phi) is 5.04. The van der Waals surface area contributed by atoms with Gasteiger partial charge >= 0.3 is 5.97 Å². The second-order valence-corrected chi connectivity index (χ2v) is 6.23. The standard InChI is InChI=1S/C15H27NO2/c1-12-5-7-14(8-6-12)16-11-3-2-4-13(16)9-10-15(17)18/h12-14H,2-11H2,1H3,(H,17,18). The number of hydrogen-bond donors (Lipinski definition) is 1. The summed E-state index contributed by atoms with van der Waals surface area (Å²) in [5.41, 5.74) is 0. The van der Waals surface area contributed by atoms with Crippen LogP contribution in [0.15, 0.2) is 0 Å². The van der Waals surface area contributed by atoms with Gasteiger partial charge in [0.1, 0.15) is 0 Å². The van der Waals surface area contributed by atoms with Gasteiger partial charge in [0.25, 0.3) is 0 Å². The largest absolute Gasteiger partial charge is 0.481 e. The smallest absolute Gasteiger partial charge is 0.303 e. The van der Waals surface area contributed by atoms with Crippen molar-refractivity contribution in [1.29, 1.82) is 0 Å². The molecule has 1 saturated carbocycles. The predicted octanol–water partition coefficient (Wildman–Crippen LogP) is 3.28. The SMILES string of the molecule is CC1CCC(N2CCCCC2CCC(=O)O)CC1. The number of carboxylic acid groups (broad SMARTS) is 1. The molecule has 0 aromatic carbocycles. The van der Waals surface area contributed by atoms with E-state index in [9.17, 15) is 4.79 Å². The van der Waals surface area contributed by atoms with E-state index in [1.807, 2.05) is 0 Å². The summed E-state index contributed by atoms with van der Waals surface area (Å²) in [6, 6.07) is 1.27. The molecule has 0 bridgehead atoms. The van der Waals surface area contributed by atoms with Crippen molar-refractivity contribution in [2.24, 2.45) is 5.92 Å². The van der Waals surface area contributed by atoms with Gasteiger partial charge in [-0.15, -0.1) is 0 Å². The molecule has 3 heteroatoms. The fourth-order valence-corrected chi connectivity index (χ4v) is 3.68. The number of carbonyl (C=O) groups is 1. The third kappa shape index (κ3) is 3.71. The van der Waals surface area contributed by atoms with Crippen LogP contribution in [0, 0.1) is 5.92 Å². The molecule has 2 rings (SSSR count). The number of carboxylic acids is 1. The van der Waals surface area contributed by atoms with E-state index < -0.39 is 5.97 Å². The van der Waals surface area contributed by atoms with Crippen LogP contribution in [0.25, 0.3) is 0 Å². The Morgan fingerprint density at radius 3 is 2.56 bits per heavy atom. The monoisotopic (exact) mass is 253 g/mol. The topological polar surface area (TPSA) is 40.5 Å². The van der Waals surface area contributed by atoms with Crippen LogP contribution in [0.5, 0.6) is 0 Å². The summed E-state index contributed by atoms with van der Waals surface area (Å²) in [4.78, 5) is 13.4. The zero-order valence-corrected chi connectivity index (χ0v) is 11.6. The van der Waals surface area contributed by atoms with Crippen LogP contribution in [-0.2, 0) is 4.79 Å². The summed E-state index contributed by atoms with van der Waals surface area (Å²) in [5, 5.41) is 8.86. The van der Waals surface area contributed by atoms with E-state index in [2.05, 4.69) is 11.8 Å². The van der Waals surface area contributed by atoms with Crippen molar-refractivity contribution >= 4 is 5.97 Å². The minimum atomic E-state index is -0.641. The van der Waals surface area contributed by atoms with Crippen LogP contribution in [0.2, 0.25) is 0 Å². The maximum Gasteiger partial charge on any atom is 0.303 e. The lowest BCUT2D eigenvalue weighted by molar-refractivity contribution is -0.137. The molecule has 0 amide bonds. The zero-order valence-electron chi connectivity index (χ0n) is 11.6. The van der Waals surface area contributed by atoms with Crippen molar-refractivity contribution in [3.8, 4) is 0 Å². The fraction of sp³-hybridized carbons (Fsp3) is 0.933. The van der Waals surface area contributed by atoms with Gasteiger partial charge in [0.15, 0.2) is 0 Å². The highest BCUT2D eigenvalue weighted by molar-refractivity contribution is 5.66. The second-order valence-electron chi connectivity index (χ2n) is 6.23. The van der Waals surface area contributed by atoms with Crippen LogP contribution in [0.4, 0.5) is 0 Å². The van der Waals surface area contributed by atoms with Gasteiger partial charge in [0.05, 0.1) is 0 Å². The number of likely N-dealkylation sites (tertiary alicyclic amines) is 1. The fourth-order valence-electron chi connectivity index (χ4n) is 3.68. The lowest BCUT2D eigenvalue weighted by Gasteiger charge is -2.43. The van der Waals surface area contributed by atoms with Crippen molar-refractivity contribution in [3.63, 3.8) is 0 Å². The van der Waals surface area contributed by atoms with Crippen molar-refractivity contribution < 1.29 is 9.90 Å². The molecule has 0 radical (unpaired) electrons. The molecule has 1 aliphatic heterocycles. The Morgan fingerprint density at radius 2 is 1.89 bits per heavy atom. The molecular weight excluding hydrogens is 226 g/mol. The molecule has 0 spiro atoms. The molecule has 0 aromatic heterocycles. The molecule has 18 heavy (non-hydrogen) atoms. The Balaban J connectivity index is 1.88. The van der Waals surface area contributed by atoms with Crippen LogP contribution >= 0.6 is 0 Å². The summed E-state index contributed by atoms with van der Waals surface area (Å²) >= 11 is 0. The first-order valence-electron chi connectivity index (χ1n) is 7.64. The van der Waals surface area contributed by atoms with E-state index in [1.54, 1.807) is 0 Å². The summed E-state index contributed by atoms with van der Waals surface area (Å²) in [5.74, 6) is 0.251. The Bertz CT molecular complexity index is 272. The Morgan fingerprint density at radius 1 is 1.17 bits per heavy atom. The maximum absolute atomic E-state index is 10.7. The lowest BCUT2D eigenvalue weighted by atomic mass is 9.84. The highest BCUT2D eigenvalue weighted by Crippen LogP contribution is 2.32. The van der Waals surface area contributed by atoms with Gasteiger partial charge < -0.3 is 5.11 Å². The maximum atomic E-state index is 10.7. The molecule has 1 saturated heterocycles. The molecular formula is C15H27NO2. The summed E-state index contributed by atoms with van der Waals surface area (Å²) in [6.07, 6.45) is 10.3. The van der Waals surface area contributed by atoms with Crippen molar-refractivity contribution in [2.75, 3.05) is 6.54 Å². The molecule has 3 nitrogen and oxygen atoms in total. The van der Waals surface area contributed by atoms with Crippen LogP contribution < -0.4 is 0 Å². The van der Waals surface area contributed by atoms with E-state index in [4.69, 9.17) is 5.11 Å². The van der Waals surface area contributed by atoms with Gasteiger partial charge in [0.2, 0.25) is 0 Å². The van der Waals surface area contributed by atoms with Crippen molar-refractivity contribution in [2.45, 2.75) is 76.8 Å². The van der Waals surface area contributed by atoms with E-state index >= 15 is 0 Å². The molecule has 1 heterocycles.